The maximum Gasteiger partial charge on any atom is 0.289 e. The molecule has 1 aliphatic heterocycles. The molecular formula is C11H15Cl2N3O4S. The fourth-order valence-corrected chi connectivity index (χ4v) is 3.99. The van der Waals surface area contributed by atoms with Crippen molar-refractivity contribution in [1.29, 1.82) is 0 Å². The van der Waals surface area contributed by atoms with Crippen LogP contribution in [0.15, 0.2) is 23.1 Å². The Balaban J connectivity index is 0.00000220. The molecule has 2 N–H and O–H groups in total. The zero-order chi connectivity index (χ0) is 14.9. The molecule has 1 fully saturated rings. The van der Waals surface area contributed by atoms with Crippen LogP contribution >= 0.6 is 24.0 Å². The van der Waals surface area contributed by atoms with Crippen molar-refractivity contribution in [3.05, 3.63) is 33.3 Å². The Hall–Kier alpha value is -0.930. The van der Waals surface area contributed by atoms with E-state index in [1.165, 1.54) is 10.4 Å². The second-order valence-electron chi connectivity index (χ2n) is 4.61. The number of piperidine rings is 1. The molecule has 118 valence electrons. The van der Waals surface area contributed by atoms with Gasteiger partial charge in [0.2, 0.25) is 10.0 Å². The summed E-state index contributed by atoms with van der Waals surface area (Å²) >= 11 is 5.76. The smallest absolute Gasteiger partial charge is 0.289 e. The van der Waals surface area contributed by atoms with Gasteiger partial charge in [-0.05, 0) is 25.0 Å². The molecule has 1 aliphatic rings. The van der Waals surface area contributed by atoms with Gasteiger partial charge in [-0.1, -0.05) is 11.6 Å². The zero-order valence-electron chi connectivity index (χ0n) is 10.9. The summed E-state index contributed by atoms with van der Waals surface area (Å²) in [7, 11) is -3.93. The monoisotopic (exact) mass is 355 g/mol. The highest BCUT2D eigenvalue weighted by Gasteiger charge is 2.33. The van der Waals surface area contributed by atoms with E-state index in [9.17, 15) is 18.5 Å². The molecule has 0 spiro atoms. The number of nitro benzene ring substituents is 1. The lowest BCUT2D eigenvalue weighted by Gasteiger charge is -2.29. The minimum Gasteiger partial charge on any atom is -0.328 e. The van der Waals surface area contributed by atoms with E-state index >= 15 is 0 Å². The molecule has 2 rings (SSSR count). The van der Waals surface area contributed by atoms with Gasteiger partial charge in [0.25, 0.3) is 5.69 Å². The standard InChI is InChI=1S/C11H14ClN3O4S.ClH/c12-8-1-2-10(15(16)17)11(7-8)20(18,19)14-5-3-9(13)4-6-14;/h1-2,7,9H,3-6,13H2;1H. The van der Waals surface area contributed by atoms with E-state index in [1.54, 1.807) is 0 Å². The van der Waals surface area contributed by atoms with Gasteiger partial charge in [0.05, 0.1) is 4.92 Å². The molecule has 0 radical (unpaired) electrons. The molecule has 21 heavy (non-hydrogen) atoms. The maximum absolute atomic E-state index is 12.5. The summed E-state index contributed by atoms with van der Waals surface area (Å²) in [5.74, 6) is 0. The minimum absolute atomic E-state index is 0. The number of nitro groups is 1. The molecule has 0 aromatic heterocycles. The van der Waals surface area contributed by atoms with Gasteiger partial charge in [0, 0.05) is 30.2 Å². The minimum atomic E-state index is -3.93. The summed E-state index contributed by atoms with van der Waals surface area (Å²) in [4.78, 5) is 9.88. The molecule has 0 aliphatic carbocycles. The van der Waals surface area contributed by atoms with Gasteiger partial charge in [-0.2, -0.15) is 4.31 Å². The first-order valence-electron chi connectivity index (χ1n) is 6.02. The third-order valence-corrected chi connectivity index (χ3v) is 5.40. The molecule has 1 aromatic rings. The zero-order valence-corrected chi connectivity index (χ0v) is 13.3. The van der Waals surface area contributed by atoms with E-state index in [2.05, 4.69) is 0 Å². The number of sulfonamides is 1. The van der Waals surface area contributed by atoms with Crippen LogP contribution in [0.3, 0.4) is 0 Å². The van der Waals surface area contributed by atoms with Gasteiger partial charge in [-0.25, -0.2) is 8.42 Å². The molecular weight excluding hydrogens is 341 g/mol. The van der Waals surface area contributed by atoms with Crippen molar-refractivity contribution < 1.29 is 13.3 Å². The van der Waals surface area contributed by atoms with Crippen molar-refractivity contribution in [1.82, 2.24) is 4.31 Å². The second-order valence-corrected chi connectivity index (χ2v) is 6.95. The van der Waals surface area contributed by atoms with Crippen molar-refractivity contribution in [2.75, 3.05) is 13.1 Å². The Morgan fingerprint density at radius 2 is 1.90 bits per heavy atom. The van der Waals surface area contributed by atoms with E-state index in [-0.39, 0.29) is 41.5 Å². The molecule has 0 unspecified atom stereocenters. The fourth-order valence-electron chi connectivity index (χ4n) is 2.10. The Labute approximate surface area is 133 Å². The number of nitrogens with zero attached hydrogens (tertiary/aromatic N) is 2. The van der Waals surface area contributed by atoms with Crippen molar-refractivity contribution >= 4 is 39.7 Å². The number of hydrogen-bond donors (Lipinski definition) is 1. The third-order valence-electron chi connectivity index (χ3n) is 3.23. The van der Waals surface area contributed by atoms with Crippen molar-refractivity contribution in [3.8, 4) is 0 Å². The normalized spacial score (nSPS) is 17.2. The Morgan fingerprint density at radius 3 is 2.43 bits per heavy atom. The third kappa shape index (κ3) is 3.83. The molecule has 0 bridgehead atoms. The van der Waals surface area contributed by atoms with Gasteiger partial charge in [0.15, 0.2) is 4.90 Å². The highest BCUT2D eigenvalue weighted by atomic mass is 35.5. The van der Waals surface area contributed by atoms with E-state index < -0.39 is 20.6 Å². The van der Waals surface area contributed by atoms with Crippen LogP contribution in [0.2, 0.25) is 5.02 Å². The quantitative estimate of drug-likeness (QED) is 0.656. The first kappa shape index (κ1) is 18.1. The van der Waals surface area contributed by atoms with Gasteiger partial charge in [-0.3, -0.25) is 10.1 Å². The van der Waals surface area contributed by atoms with Crippen molar-refractivity contribution in [3.63, 3.8) is 0 Å². The molecule has 1 heterocycles. The van der Waals surface area contributed by atoms with Crippen LogP contribution in [0.4, 0.5) is 5.69 Å². The van der Waals surface area contributed by atoms with Crippen LogP contribution in [0.1, 0.15) is 12.8 Å². The first-order chi connectivity index (χ1) is 9.32. The first-order valence-corrected chi connectivity index (χ1v) is 7.84. The fraction of sp³-hybridized carbons (Fsp3) is 0.455. The summed E-state index contributed by atoms with van der Waals surface area (Å²) < 4.78 is 26.2. The summed E-state index contributed by atoms with van der Waals surface area (Å²) in [6, 6.07) is 3.48. The SMILES string of the molecule is Cl.NC1CCN(S(=O)(=O)c2cc(Cl)ccc2[N+](=O)[O-])CC1. The second kappa shape index (κ2) is 6.89. The van der Waals surface area contributed by atoms with Gasteiger partial charge < -0.3 is 5.73 Å². The average Bonchev–Trinajstić information content (AvgIpc) is 2.38. The maximum atomic E-state index is 12.5. The average molecular weight is 356 g/mol. The lowest BCUT2D eigenvalue weighted by molar-refractivity contribution is -0.387. The summed E-state index contributed by atoms with van der Waals surface area (Å²) in [5.41, 5.74) is 5.26. The van der Waals surface area contributed by atoms with E-state index in [1.807, 2.05) is 0 Å². The summed E-state index contributed by atoms with van der Waals surface area (Å²) in [5, 5.41) is 11.1. The Bertz CT molecular complexity index is 630. The van der Waals surface area contributed by atoms with Crippen molar-refractivity contribution in [2.24, 2.45) is 5.73 Å². The Kier molecular flexibility index (Phi) is 5.94. The molecule has 7 nitrogen and oxygen atoms in total. The molecule has 1 saturated heterocycles. The van der Waals surface area contributed by atoms with Crippen LogP contribution in [0, 0.1) is 10.1 Å². The largest absolute Gasteiger partial charge is 0.328 e. The van der Waals surface area contributed by atoms with E-state index in [4.69, 9.17) is 17.3 Å². The molecule has 1 aromatic carbocycles. The van der Waals surface area contributed by atoms with E-state index in [0.717, 1.165) is 12.1 Å². The van der Waals surface area contributed by atoms with Crippen LogP contribution in [0.25, 0.3) is 0 Å². The molecule has 0 saturated carbocycles. The predicted molar refractivity (Wildman–Crippen MR) is 81.3 cm³/mol. The molecule has 0 amide bonds. The van der Waals surface area contributed by atoms with Gasteiger partial charge in [-0.15, -0.1) is 12.4 Å². The Morgan fingerprint density at radius 1 is 1.33 bits per heavy atom. The lowest BCUT2D eigenvalue weighted by Crippen LogP contribution is -2.42. The number of rotatable bonds is 3. The number of halogens is 2. The van der Waals surface area contributed by atoms with Crippen LogP contribution in [0.5, 0.6) is 0 Å². The van der Waals surface area contributed by atoms with E-state index in [0.29, 0.717) is 12.8 Å². The molecule has 10 heteroatoms. The van der Waals surface area contributed by atoms with Crippen molar-refractivity contribution in [2.45, 2.75) is 23.8 Å². The van der Waals surface area contributed by atoms with Gasteiger partial charge >= 0.3 is 0 Å². The topological polar surface area (TPSA) is 107 Å². The lowest BCUT2D eigenvalue weighted by atomic mass is 10.1. The number of hydrogen-bond acceptors (Lipinski definition) is 5. The van der Waals surface area contributed by atoms with Gasteiger partial charge in [0.1, 0.15) is 0 Å². The highest BCUT2D eigenvalue weighted by molar-refractivity contribution is 7.89. The highest BCUT2D eigenvalue weighted by Crippen LogP contribution is 2.30. The predicted octanol–water partition coefficient (Wildman–Crippen LogP) is 1.78. The number of nitrogens with two attached hydrogens (primary N) is 1. The van der Waals surface area contributed by atoms with Crippen LogP contribution in [-0.4, -0.2) is 36.8 Å². The summed E-state index contributed by atoms with van der Waals surface area (Å²) in [6.45, 7) is 0.514. The van der Waals surface area contributed by atoms with Crippen LogP contribution < -0.4 is 5.73 Å². The molecule has 0 atom stereocenters. The number of benzene rings is 1. The summed E-state index contributed by atoms with van der Waals surface area (Å²) in [6.07, 6.45) is 1.07. The van der Waals surface area contributed by atoms with Crippen LogP contribution in [-0.2, 0) is 10.0 Å².